The van der Waals surface area contributed by atoms with Gasteiger partial charge in [-0.3, -0.25) is 4.79 Å². The first-order chi connectivity index (χ1) is 9.58. The topological polar surface area (TPSA) is 55.4 Å². The largest absolute Gasteiger partial charge is 0.448 e. The molecule has 108 valence electrons. The first kappa shape index (κ1) is 14.6. The summed E-state index contributed by atoms with van der Waals surface area (Å²) in [4.78, 5) is 23.8. The molecule has 0 saturated heterocycles. The molecule has 0 saturated carbocycles. The number of nitrogens with one attached hydrogen (secondary N) is 1. The fourth-order valence-corrected chi connectivity index (χ4v) is 2.31. The van der Waals surface area contributed by atoms with Crippen molar-refractivity contribution in [1.29, 1.82) is 0 Å². The number of esters is 1. The van der Waals surface area contributed by atoms with Gasteiger partial charge in [-0.2, -0.15) is 0 Å². The number of ether oxygens (including phenoxy) is 1. The first-order valence-corrected chi connectivity index (χ1v) is 7.14. The molecule has 0 radical (unpaired) electrons. The zero-order chi connectivity index (χ0) is 14.5. The molecule has 1 N–H and O–H groups in total. The van der Waals surface area contributed by atoms with Gasteiger partial charge in [-0.05, 0) is 30.4 Å². The summed E-state index contributed by atoms with van der Waals surface area (Å²) in [5.41, 5.74) is 1.45. The van der Waals surface area contributed by atoms with E-state index in [2.05, 4.69) is 19.2 Å². The fourth-order valence-electron chi connectivity index (χ4n) is 2.31. The molecule has 1 atom stereocenters. The van der Waals surface area contributed by atoms with Crippen LogP contribution in [-0.2, 0) is 16.0 Å². The SMILES string of the molecule is CC(C)CCCNC(=O)[C@H]1Cc2ccccc2C(=O)O1. The maximum absolute atomic E-state index is 12.0. The highest BCUT2D eigenvalue weighted by Gasteiger charge is 2.30. The number of fused-ring (bicyclic) bond motifs is 1. The molecule has 1 aliphatic heterocycles. The van der Waals surface area contributed by atoms with E-state index in [-0.39, 0.29) is 5.91 Å². The van der Waals surface area contributed by atoms with Crippen LogP contribution in [0.15, 0.2) is 24.3 Å². The van der Waals surface area contributed by atoms with Crippen molar-refractivity contribution in [1.82, 2.24) is 5.32 Å². The van der Waals surface area contributed by atoms with Crippen molar-refractivity contribution < 1.29 is 14.3 Å². The minimum absolute atomic E-state index is 0.198. The molecule has 1 aliphatic rings. The summed E-state index contributed by atoms with van der Waals surface area (Å²) in [5.74, 6) is 0.0251. The Kier molecular flexibility index (Phi) is 4.77. The van der Waals surface area contributed by atoms with Crippen LogP contribution in [0.2, 0.25) is 0 Å². The number of hydrogen-bond acceptors (Lipinski definition) is 3. The summed E-state index contributed by atoms with van der Waals surface area (Å²) in [6.07, 6.45) is 1.78. The summed E-state index contributed by atoms with van der Waals surface area (Å²) < 4.78 is 5.20. The Morgan fingerprint density at radius 1 is 1.40 bits per heavy atom. The van der Waals surface area contributed by atoms with Gasteiger partial charge < -0.3 is 10.1 Å². The van der Waals surface area contributed by atoms with Gasteiger partial charge in [-0.15, -0.1) is 0 Å². The average molecular weight is 275 g/mol. The highest BCUT2D eigenvalue weighted by atomic mass is 16.5. The molecule has 0 aliphatic carbocycles. The van der Waals surface area contributed by atoms with Crippen molar-refractivity contribution in [3.8, 4) is 0 Å². The van der Waals surface area contributed by atoms with Crippen LogP contribution < -0.4 is 5.32 Å². The molecule has 4 nitrogen and oxygen atoms in total. The van der Waals surface area contributed by atoms with E-state index in [1.54, 1.807) is 12.1 Å². The number of carbonyl (C=O) groups is 2. The van der Waals surface area contributed by atoms with Crippen molar-refractivity contribution in [2.75, 3.05) is 6.54 Å². The molecule has 1 aromatic carbocycles. The van der Waals surface area contributed by atoms with Gasteiger partial charge >= 0.3 is 5.97 Å². The normalized spacial score (nSPS) is 17.6. The second-order valence-corrected chi connectivity index (χ2v) is 5.58. The molecule has 20 heavy (non-hydrogen) atoms. The van der Waals surface area contributed by atoms with E-state index in [1.807, 2.05) is 12.1 Å². The summed E-state index contributed by atoms with van der Waals surface area (Å²) in [5, 5.41) is 2.84. The van der Waals surface area contributed by atoms with E-state index < -0.39 is 12.1 Å². The van der Waals surface area contributed by atoms with Crippen molar-refractivity contribution in [3.05, 3.63) is 35.4 Å². The molecule has 0 bridgehead atoms. The summed E-state index contributed by atoms with van der Waals surface area (Å²) in [6.45, 7) is 4.94. The predicted molar refractivity (Wildman–Crippen MR) is 76.4 cm³/mol. The Labute approximate surface area is 119 Å². The third-order valence-electron chi connectivity index (χ3n) is 3.44. The lowest BCUT2D eigenvalue weighted by molar-refractivity contribution is -0.130. The Morgan fingerprint density at radius 2 is 2.15 bits per heavy atom. The summed E-state index contributed by atoms with van der Waals surface area (Å²) >= 11 is 0. The zero-order valence-corrected chi connectivity index (χ0v) is 12.0. The Bertz CT molecular complexity index is 496. The number of carbonyl (C=O) groups excluding carboxylic acids is 2. The van der Waals surface area contributed by atoms with Gasteiger partial charge in [0.15, 0.2) is 6.10 Å². The molecule has 1 aromatic rings. The lowest BCUT2D eigenvalue weighted by atomic mass is 9.98. The maximum atomic E-state index is 12.0. The van der Waals surface area contributed by atoms with Crippen molar-refractivity contribution >= 4 is 11.9 Å². The standard InChI is InChI=1S/C16H21NO3/c1-11(2)6-5-9-17-15(18)14-10-12-7-3-4-8-13(12)16(19)20-14/h3-4,7-8,11,14H,5-6,9-10H2,1-2H3,(H,17,18)/t14-/m1/s1. The number of cyclic esters (lactones) is 1. The van der Waals surface area contributed by atoms with E-state index in [0.717, 1.165) is 18.4 Å². The van der Waals surface area contributed by atoms with E-state index in [9.17, 15) is 9.59 Å². The Balaban J connectivity index is 1.88. The maximum Gasteiger partial charge on any atom is 0.339 e. The van der Waals surface area contributed by atoms with Crippen molar-refractivity contribution in [2.45, 2.75) is 39.2 Å². The van der Waals surface area contributed by atoms with E-state index in [0.29, 0.717) is 24.4 Å². The predicted octanol–water partition coefficient (Wildman–Crippen LogP) is 2.32. The van der Waals surface area contributed by atoms with Gasteiger partial charge in [0.2, 0.25) is 0 Å². The lowest BCUT2D eigenvalue weighted by Gasteiger charge is -2.23. The average Bonchev–Trinajstić information content (AvgIpc) is 2.43. The Morgan fingerprint density at radius 3 is 2.90 bits per heavy atom. The molecular weight excluding hydrogens is 254 g/mol. The minimum Gasteiger partial charge on any atom is -0.448 e. The van der Waals surface area contributed by atoms with Gasteiger partial charge in [0, 0.05) is 13.0 Å². The van der Waals surface area contributed by atoms with Crippen LogP contribution in [0.25, 0.3) is 0 Å². The van der Waals surface area contributed by atoms with Crippen molar-refractivity contribution in [2.24, 2.45) is 5.92 Å². The molecule has 0 aromatic heterocycles. The van der Waals surface area contributed by atoms with Gasteiger partial charge in [0.25, 0.3) is 5.91 Å². The van der Waals surface area contributed by atoms with Crippen LogP contribution >= 0.6 is 0 Å². The molecule has 1 heterocycles. The molecule has 4 heteroatoms. The van der Waals surface area contributed by atoms with Gasteiger partial charge in [-0.25, -0.2) is 4.79 Å². The van der Waals surface area contributed by atoms with Crippen LogP contribution in [-0.4, -0.2) is 24.5 Å². The second-order valence-electron chi connectivity index (χ2n) is 5.58. The number of hydrogen-bond donors (Lipinski definition) is 1. The van der Waals surface area contributed by atoms with Crippen LogP contribution in [0.4, 0.5) is 0 Å². The van der Waals surface area contributed by atoms with Crippen LogP contribution in [0.1, 0.15) is 42.6 Å². The zero-order valence-electron chi connectivity index (χ0n) is 12.0. The first-order valence-electron chi connectivity index (χ1n) is 7.14. The number of benzene rings is 1. The lowest BCUT2D eigenvalue weighted by Crippen LogP contribution is -2.42. The molecule has 0 unspecified atom stereocenters. The smallest absolute Gasteiger partial charge is 0.339 e. The van der Waals surface area contributed by atoms with E-state index >= 15 is 0 Å². The molecule has 1 amide bonds. The molecule has 0 fully saturated rings. The third-order valence-corrected chi connectivity index (χ3v) is 3.44. The molecule has 2 rings (SSSR count). The number of rotatable bonds is 5. The fraction of sp³-hybridized carbons (Fsp3) is 0.500. The summed E-state index contributed by atoms with van der Waals surface area (Å²) in [6, 6.07) is 7.27. The Hall–Kier alpha value is -1.84. The molecular formula is C16H21NO3. The van der Waals surface area contributed by atoms with E-state index in [1.165, 1.54) is 0 Å². The van der Waals surface area contributed by atoms with Gasteiger partial charge in [0.1, 0.15) is 0 Å². The second kappa shape index (κ2) is 6.55. The number of amides is 1. The summed E-state index contributed by atoms with van der Waals surface area (Å²) in [7, 11) is 0. The highest BCUT2D eigenvalue weighted by Crippen LogP contribution is 2.20. The molecule has 0 spiro atoms. The third kappa shape index (κ3) is 3.59. The van der Waals surface area contributed by atoms with Gasteiger partial charge in [-0.1, -0.05) is 32.0 Å². The van der Waals surface area contributed by atoms with Crippen LogP contribution in [0.5, 0.6) is 0 Å². The van der Waals surface area contributed by atoms with Gasteiger partial charge in [0.05, 0.1) is 5.56 Å². The quantitative estimate of drug-likeness (QED) is 0.663. The van der Waals surface area contributed by atoms with Crippen molar-refractivity contribution in [3.63, 3.8) is 0 Å². The van der Waals surface area contributed by atoms with Crippen LogP contribution in [0.3, 0.4) is 0 Å². The van der Waals surface area contributed by atoms with E-state index in [4.69, 9.17) is 4.74 Å². The highest BCUT2D eigenvalue weighted by molar-refractivity contribution is 5.95. The van der Waals surface area contributed by atoms with Crippen LogP contribution in [0, 0.1) is 5.92 Å². The monoisotopic (exact) mass is 275 g/mol. The minimum atomic E-state index is -0.698.